The van der Waals surface area contributed by atoms with Crippen LogP contribution in [-0.4, -0.2) is 39.4 Å². The van der Waals surface area contributed by atoms with Gasteiger partial charge in [0.1, 0.15) is 23.9 Å². The lowest BCUT2D eigenvalue weighted by Gasteiger charge is -2.27. The molecule has 1 unspecified atom stereocenters. The fraction of sp³-hybridized carbons (Fsp3) is 0.238. The predicted octanol–water partition coefficient (Wildman–Crippen LogP) is 2.76. The van der Waals surface area contributed by atoms with E-state index in [1.54, 1.807) is 16.7 Å². The standard InChI is InChI=1S/C21H18N4O5/c1-10-16(11(2)30-24-10)13-6-7-14-18-19(13)29-9-15(25(18)21(27)23-14)12-5-4-8-22-17(12)20(26)28-3/h4-8,15H,9H2,1-3H3,(H,23,27). The molecule has 1 aliphatic heterocycles. The average Bonchev–Trinajstić information content (AvgIpc) is 3.28. The van der Waals surface area contributed by atoms with Crippen molar-refractivity contribution in [2.45, 2.75) is 19.9 Å². The number of hydrogen-bond donors (Lipinski definition) is 1. The Bertz CT molecular complexity index is 1340. The third-order valence-corrected chi connectivity index (χ3v) is 5.41. The molecular formula is C21H18N4O5. The lowest BCUT2D eigenvalue weighted by atomic mass is 9.99. The van der Waals surface area contributed by atoms with Crippen molar-refractivity contribution in [1.29, 1.82) is 0 Å². The number of nitrogens with zero attached hydrogens (tertiary/aromatic N) is 3. The number of hydrogen-bond acceptors (Lipinski definition) is 7. The van der Waals surface area contributed by atoms with Crippen LogP contribution < -0.4 is 10.4 Å². The Morgan fingerprint density at radius 2 is 2.13 bits per heavy atom. The van der Waals surface area contributed by atoms with E-state index in [1.807, 2.05) is 26.0 Å². The number of methoxy groups -OCH3 is 1. The molecule has 5 rings (SSSR count). The van der Waals surface area contributed by atoms with Gasteiger partial charge in [0.2, 0.25) is 0 Å². The van der Waals surface area contributed by atoms with Crippen molar-refractivity contribution in [2.75, 3.05) is 13.7 Å². The number of H-pyrrole nitrogens is 1. The molecular weight excluding hydrogens is 388 g/mol. The third-order valence-electron chi connectivity index (χ3n) is 5.41. The van der Waals surface area contributed by atoms with Crippen LogP contribution in [0.2, 0.25) is 0 Å². The number of aryl methyl sites for hydroxylation is 2. The lowest BCUT2D eigenvalue weighted by molar-refractivity contribution is 0.0591. The van der Waals surface area contributed by atoms with Crippen LogP contribution in [0.5, 0.6) is 5.75 Å². The van der Waals surface area contributed by atoms with E-state index in [0.29, 0.717) is 28.1 Å². The van der Waals surface area contributed by atoms with Crippen LogP contribution in [0.3, 0.4) is 0 Å². The van der Waals surface area contributed by atoms with E-state index in [1.165, 1.54) is 13.3 Å². The van der Waals surface area contributed by atoms with E-state index >= 15 is 0 Å². The fourth-order valence-electron chi connectivity index (χ4n) is 4.12. The average molecular weight is 406 g/mol. The van der Waals surface area contributed by atoms with Gasteiger partial charge in [-0.15, -0.1) is 0 Å². The van der Waals surface area contributed by atoms with Crippen molar-refractivity contribution in [3.63, 3.8) is 0 Å². The molecule has 0 amide bonds. The van der Waals surface area contributed by atoms with Crippen molar-refractivity contribution >= 4 is 17.0 Å². The summed E-state index contributed by atoms with van der Waals surface area (Å²) in [6.45, 7) is 3.84. The number of pyridine rings is 1. The summed E-state index contributed by atoms with van der Waals surface area (Å²) in [4.78, 5) is 32.2. The Kier molecular flexibility index (Phi) is 3.99. The van der Waals surface area contributed by atoms with Crippen LogP contribution in [0, 0.1) is 13.8 Å². The zero-order valence-electron chi connectivity index (χ0n) is 16.6. The molecule has 4 aromatic rings. The summed E-state index contributed by atoms with van der Waals surface area (Å²) in [7, 11) is 1.30. The number of aromatic amines is 1. The highest BCUT2D eigenvalue weighted by molar-refractivity contribution is 5.93. The first-order valence-electron chi connectivity index (χ1n) is 9.37. The van der Waals surface area contributed by atoms with Gasteiger partial charge in [-0.25, -0.2) is 14.6 Å². The van der Waals surface area contributed by atoms with E-state index in [4.69, 9.17) is 14.0 Å². The van der Waals surface area contributed by atoms with Gasteiger partial charge in [-0.2, -0.15) is 0 Å². The first kappa shape index (κ1) is 18.2. The minimum Gasteiger partial charge on any atom is -0.488 e. The molecule has 9 nitrogen and oxygen atoms in total. The summed E-state index contributed by atoms with van der Waals surface area (Å²) in [6, 6.07) is 6.64. The maximum Gasteiger partial charge on any atom is 0.357 e. The largest absolute Gasteiger partial charge is 0.488 e. The van der Waals surface area contributed by atoms with Crippen molar-refractivity contribution < 1.29 is 18.8 Å². The number of carbonyl (C=O) groups is 1. The number of benzene rings is 1. The molecule has 0 bridgehead atoms. The van der Waals surface area contributed by atoms with E-state index < -0.39 is 12.0 Å². The molecule has 0 spiro atoms. The zero-order chi connectivity index (χ0) is 21.0. The van der Waals surface area contributed by atoms with Gasteiger partial charge in [-0.05, 0) is 32.0 Å². The molecule has 0 radical (unpaired) electrons. The van der Waals surface area contributed by atoms with Crippen LogP contribution in [0.25, 0.3) is 22.2 Å². The van der Waals surface area contributed by atoms with E-state index in [0.717, 1.165) is 16.8 Å². The van der Waals surface area contributed by atoms with Gasteiger partial charge in [0.25, 0.3) is 0 Å². The summed E-state index contributed by atoms with van der Waals surface area (Å²) < 4.78 is 18.0. The third kappa shape index (κ3) is 2.48. The Balaban J connectivity index is 1.77. The molecule has 4 heterocycles. The van der Waals surface area contributed by atoms with Crippen molar-refractivity contribution in [1.82, 2.24) is 19.7 Å². The Morgan fingerprint density at radius 1 is 1.30 bits per heavy atom. The van der Waals surface area contributed by atoms with Crippen molar-refractivity contribution in [2.24, 2.45) is 0 Å². The lowest BCUT2D eigenvalue weighted by Crippen LogP contribution is -2.32. The van der Waals surface area contributed by atoms with Crippen LogP contribution in [0.1, 0.15) is 33.5 Å². The van der Waals surface area contributed by atoms with Gasteiger partial charge < -0.3 is 19.0 Å². The zero-order valence-corrected chi connectivity index (χ0v) is 16.6. The van der Waals surface area contributed by atoms with Crippen molar-refractivity contribution in [3.05, 3.63) is 63.7 Å². The quantitative estimate of drug-likeness (QED) is 0.521. The Hall–Kier alpha value is -3.88. The van der Waals surface area contributed by atoms with E-state index in [9.17, 15) is 9.59 Å². The van der Waals surface area contributed by atoms with E-state index in [2.05, 4.69) is 15.1 Å². The van der Waals surface area contributed by atoms with Gasteiger partial charge in [0, 0.05) is 17.3 Å². The van der Waals surface area contributed by atoms with Crippen LogP contribution >= 0.6 is 0 Å². The number of aromatic nitrogens is 4. The van der Waals surface area contributed by atoms with Gasteiger partial charge in [0.15, 0.2) is 11.4 Å². The monoisotopic (exact) mass is 406 g/mol. The second-order valence-electron chi connectivity index (χ2n) is 7.10. The molecule has 30 heavy (non-hydrogen) atoms. The summed E-state index contributed by atoms with van der Waals surface area (Å²) >= 11 is 0. The summed E-state index contributed by atoms with van der Waals surface area (Å²) in [5, 5.41) is 4.03. The first-order chi connectivity index (χ1) is 14.5. The normalized spacial score (nSPS) is 15.2. The maximum atomic E-state index is 12.9. The molecule has 0 aliphatic carbocycles. The molecule has 1 N–H and O–H groups in total. The maximum absolute atomic E-state index is 12.9. The van der Waals surface area contributed by atoms with E-state index in [-0.39, 0.29) is 18.0 Å². The van der Waals surface area contributed by atoms with Crippen LogP contribution in [0.4, 0.5) is 0 Å². The molecule has 1 atom stereocenters. The number of nitrogens with one attached hydrogen (secondary N) is 1. The van der Waals surface area contributed by atoms with Crippen molar-refractivity contribution in [3.8, 4) is 16.9 Å². The topological polar surface area (TPSA) is 112 Å². The molecule has 0 fully saturated rings. The molecule has 1 aromatic carbocycles. The first-order valence-corrected chi connectivity index (χ1v) is 9.37. The molecule has 3 aromatic heterocycles. The molecule has 152 valence electrons. The van der Waals surface area contributed by atoms with Gasteiger partial charge in [0.05, 0.1) is 23.9 Å². The molecule has 0 saturated carbocycles. The molecule has 1 aliphatic rings. The minimum atomic E-state index is -0.569. The number of carbonyl (C=O) groups excluding carboxylic acids is 1. The molecule has 0 saturated heterocycles. The number of rotatable bonds is 3. The number of imidazole rings is 1. The van der Waals surface area contributed by atoms with Gasteiger partial charge in [-0.1, -0.05) is 11.2 Å². The number of ether oxygens (including phenoxy) is 2. The van der Waals surface area contributed by atoms with Crippen LogP contribution in [0.15, 0.2) is 39.8 Å². The highest BCUT2D eigenvalue weighted by atomic mass is 16.5. The minimum absolute atomic E-state index is 0.149. The predicted molar refractivity (Wildman–Crippen MR) is 107 cm³/mol. The smallest absolute Gasteiger partial charge is 0.357 e. The van der Waals surface area contributed by atoms with Crippen LogP contribution in [-0.2, 0) is 4.74 Å². The van der Waals surface area contributed by atoms with Gasteiger partial charge >= 0.3 is 11.7 Å². The summed E-state index contributed by atoms with van der Waals surface area (Å²) in [5.41, 5.74) is 4.04. The second-order valence-corrected chi connectivity index (χ2v) is 7.10. The fourth-order valence-corrected chi connectivity index (χ4v) is 4.12. The number of esters is 1. The molecule has 9 heteroatoms. The highest BCUT2D eigenvalue weighted by Gasteiger charge is 2.32. The second kappa shape index (κ2) is 6.58. The summed E-state index contributed by atoms with van der Waals surface area (Å²) in [6.07, 6.45) is 1.51. The Labute approximate surface area is 170 Å². The highest BCUT2D eigenvalue weighted by Crippen LogP contribution is 2.43. The van der Waals surface area contributed by atoms with Gasteiger partial charge in [-0.3, -0.25) is 4.57 Å². The Morgan fingerprint density at radius 3 is 2.87 bits per heavy atom. The SMILES string of the molecule is COC(=O)c1ncccc1C1COc2c(-c3c(C)noc3C)ccc3[nH]c(=O)n1c23. The summed E-state index contributed by atoms with van der Waals surface area (Å²) in [5.74, 6) is 0.666.